The van der Waals surface area contributed by atoms with E-state index in [2.05, 4.69) is 263 Å². The number of amides is 3. The van der Waals surface area contributed by atoms with Gasteiger partial charge in [-0.15, -0.1) is 0 Å². The predicted molar refractivity (Wildman–Crippen MR) is 462 cm³/mol. The first-order valence-corrected chi connectivity index (χ1v) is 40.9. The molecule has 2 unspecified atom stereocenters. The van der Waals surface area contributed by atoms with Gasteiger partial charge in [-0.05, 0) is 142 Å². The molecule has 600 valence electrons. The summed E-state index contributed by atoms with van der Waals surface area (Å²) in [7, 11) is 9.51. The van der Waals surface area contributed by atoms with Gasteiger partial charge >= 0.3 is 5.97 Å². The summed E-state index contributed by atoms with van der Waals surface area (Å²) in [5.41, 5.74) is 3.11. The van der Waals surface area contributed by atoms with Gasteiger partial charge in [-0.2, -0.15) is 21.0 Å². The maximum absolute atomic E-state index is 11.1. The predicted octanol–water partition coefficient (Wildman–Crippen LogP) is 24.6. The molecule has 0 aromatic heterocycles. The second kappa shape index (κ2) is 59.8. The van der Waals surface area contributed by atoms with E-state index >= 15 is 0 Å². The van der Waals surface area contributed by atoms with Crippen molar-refractivity contribution in [1.29, 1.82) is 0 Å². The Morgan fingerprint density at radius 2 is 0.810 bits per heavy atom. The number of carbonyl (C=O) groups is 7. The number of rotatable bonds is 13. The Balaban J connectivity index is -0.0000000970. The van der Waals surface area contributed by atoms with Crippen LogP contribution in [0.2, 0.25) is 0 Å². The van der Waals surface area contributed by atoms with Crippen molar-refractivity contribution < 1.29 is 38.3 Å². The summed E-state index contributed by atoms with van der Waals surface area (Å²) >= 11 is 1.40. The van der Waals surface area contributed by atoms with Crippen LogP contribution in [0.15, 0.2) is 47.9 Å². The van der Waals surface area contributed by atoms with Crippen molar-refractivity contribution in [3.63, 3.8) is 0 Å². The van der Waals surface area contributed by atoms with Crippen molar-refractivity contribution >= 4 is 84.8 Å². The van der Waals surface area contributed by atoms with Crippen molar-refractivity contribution in [2.45, 2.75) is 322 Å². The van der Waals surface area contributed by atoms with Crippen LogP contribution in [0.5, 0.6) is 0 Å². The minimum absolute atomic E-state index is 0.0416. The highest BCUT2D eigenvalue weighted by atomic mass is 32.2. The van der Waals surface area contributed by atoms with Crippen molar-refractivity contribution in [1.82, 2.24) is 14.7 Å². The van der Waals surface area contributed by atoms with E-state index in [4.69, 9.17) is 4.74 Å². The second-order valence-electron chi connectivity index (χ2n) is 39.3. The third-order valence-corrected chi connectivity index (χ3v) is 14.1. The van der Waals surface area contributed by atoms with Gasteiger partial charge in [-0.25, -0.2) is 0 Å². The van der Waals surface area contributed by atoms with E-state index in [1.165, 1.54) is 43.7 Å². The van der Waals surface area contributed by atoms with Gasteiger partial charge in [0, 0.05) is 81.1 Å². The van der Waals surface area contributed by atoms with Crippen molar-refractivity contribution in [2.24, 2.45) is 59.6 Å². The van der Waals surface area contributed by atoms with Gasteiger partial charge in [0.15, 0.2) is 10.9 Å². The third-order valence-electron chi connectivity index (χ3n) is 11.1. The van der Waals surface area contributed by atoms with Gasteiger partial charge in [0.05, 0.1) is 6.61 Å². The number of allylic oxidation sites excluding steroid dienone is 6. The molecule has 0 aromatic rings. The quantitative estimate of drug-likeness (QED) is 0.0763. The fraction of sp³-hybridized carbons (Fsp3) is 0.802. The van der Waals surface area contributed by atoms with Crippen LogP contribution in [-0.4, -0.2) is 139 Å². The van der Waals surface area contributed by atoms with Crippen LogP contribution in [0.3, 0.4) is 0 Å². The Labute approximate surface area is 635 Å². The normalized spacial score (nSPS) is 12.6. The lowest BCUT2D eigenvalue weighted by Crippen LogP contribution is -2.32. The van der Waals surface area contributed by atoms with Gasteiger partial charge < -0.3 is 24.2 Å². The lowest BCUT2D eigenvalue weighted by Gasteiger charge is -2.25. The molecule has 0 radical (unpaired) electrons. The van der Waals surface area contributed by atoms with Crippen LogP contribution in [0.25, 0.3) is 0 Å². The van der Waals surface area contributed by atoms with Gasteiger partial charge in [0.25, 0.3) is 0 Å². The average molecular weight is 1480 g/mol. The number of hydrogen-bond donors (Lipinski definition) is 0. The average Bonchev–Trinajstić information content (AvgIpc) is 1.12. The van der Waals surface area contributed by atoms with Crippen molar-refractivity contribution in [2.75, 3.05) is 72.4 Å². The number of likely N-dealkylation sites (N-methyl/N-ethyl adjacent to an activating group) is 1. The zero-order chi connectivity index (χ0) is 83.3. The van der Waals surface area contributed by atoms with E-state index in [-0.39, 0.29) is 77.6 Å². The number of nitrogens with zero attached hydrogens (tertiary/aromatic N) is 3. The summed E-state index contributed by atoms with van der Waals surface area (Å²) < 4.78 is 4.77. The molecule has 2 atom stereocenters. The number of ether oxygens (including phenoxy) is 1. The molecule has 0 fully saturated rings. The molecule has 0 rings (SSSR count). The van der Waals surface area contributed by atoms with Gasteiger partial charge in [-0.1, -0.05) is 296 Å². The molecule has 0 spiro atoms. The molecule has 0 aliphatic rings. The second-order valence-corrected chi connectivity index (χ2v) is 44.1. The minimum atomic E-state index is -0.204. The van der Waals surface area contributed by atoms with Crippen LogP contribution in [0, 0.1) is 59.6 Å². The Morgan fingerprint density at radius 3 is 0.940 bits per heavy atom. The molecule has 0 aliphatic carbocycles. The molecule has 0 aromatic carbocycles. The lowest BCUT2D eigenvalue weighted by atomic mass is 9.90. The standard InChI is InChI=1S/C9H19NO.C9H17NO.C8H17NO.C8H16O.C8H14O.C8H18S.C8H16S.C7H14O2.C7H14OS.C7H16.C7H14/c2*1-9(2,3)7-6-8(11)10(4)5;1-7(10)9(5)6-8(2,3)4;2*1-7(9)5-6-8(2,3)4;2*1-8(2,3)6-7-9(4)5;2*1-6(8)9-5-7(2,3)4;2*1-5-6-7(2,3)4/h6-7H2,1-5H3;6-7H,1-5H3;6H2,1-5H3;5-6H2,1-4H3;5-6H,1-4H3;4,6-7H2,1-3,5H3;6-7H,4H2,1-3,5H3;2*5H2,1-4H3;5-6H2,1-4H3;5-6H,1-4H3/b;7-6+;;;6-5+;;7-6+;;;;6-5+. The molecule has 0 saturated heterocycles. The fourth-order valence-corrected chi connectivity index (χ4v) is 7.84. The summed E-state index contributed by atoms with van der Waals surface area (Å²) in [6, 6.07) is 0. The largest absolute Gasteiger partial charge is 0.465 e. The number of thioether (sulfide) groups is 1. The molecule has 0 N–H and O–H groups in total. The summed E-state index contributed by atoms with van der Waals surface area (Å²) in [5.74, 6) is 10.7. The summed E-state index contributed by atoms with van der Waals surface area (Å²) in [5, 5.41) is 2.38. The first-order chi connectivity index (χ1) is 43.6. The zero-order valence-corrected chi connectivity index (χ0v) is 78.1. The van der Waals surface area contributed by atoms with Crippen LogP contribution >= 0.6 is 32.7 Å². The highest BCUT2D eigenvalue weighted by molar-refractivity contribution is 8.16. The summed E-state index contributed by atoms with van der Waals surface area (Å²) in [4.78, 5) is 79.4. The highest BCUT2D eigenvalue weighted by Gasteiger charge is 2.17. The van der Waals surface area contributed by atoms with Crippen LogP contribution in [0.4, 0.5) is 0 Å². The first-order valence-electron chi connectivity index (χ1n) is 36.1. The van der Waals surface area contributed by atoms with Crippen molar-refractivity contribution in [3.8, 4) is 0 Å². The van der Waals surface area contributed by atoms with Gasteiger partial charge in [-0.3, -0.25) is 28.8 Å². The van der Waals surface area contributed by atoms with Gasteiger partial charge in [0.2, 0.25) is 17.7 Å². The zero-order valence-electron chi connectivity index (χ0n) is 75.6. The molecule has 0 saturated carbocycles. The molecule has 14 heteroatoms. The number of carbonyl (C=O) groups excluding carboxylic acids is 7. The van der Waals surface area contributed by atoms with Gasteiger partial charge in [0.1, 0.15) is 5.78 Å². The maximum atomic E-state index is 11.1. The number of Topliss-reactive ketones (excluding diaryl/α,β-unsaturated/α-hetero) is 1. The van der Waals surface area contributed by atoms with E-state index in [0.717, 1.165) is 31.6 Å². The van der Waals surface area contributed by atoms with Crippen LogP contribution in [0.1, 0.15) is 322 Å². The number of ketones is 2. The molecule has 100 heavy (non-hydrogen) atoms. The molecular formula is C86H175N3O8S3. The summed E-state index contributed by atoms with van der Waals surface area (Å²) in [6.07, 6.45) is 25.1. The van der Waals surface area contributed by atoms with E-state index in [1.54, 1.807) is 82.7 Å². The number of esters is 1. The first kappa shape index (κ1) is 121. The third kappa shape index (κ3) is 171. The van der Waals surface area contributed by atoms with Crippen LogP contribution in [-0.2, 0) is 38.3 Å². The molecule has 0 bridgehead atoms. The topological polar surface area (TPSA) is 138 Å². The lowest BCUT2D eigenvalue weighted by molar-refractivity contribution is -0.143. The highest BCUT2D eigenvalue weighted by Crippen LogP contribution is 2.25. The van der Waals surface area contributed by atoms with E-state index in [9.17, 15) is 33.6 Å². The molecule has 3 amide bonds. The number of hydrogen-bond acceptors (Lipinski definition) is 9. The molecule has 11 nitrogen and oxygen atoms in total. The Kier molecular flexibility index (Phi) is 72.1. The van der Waals surface area contributed by atoms with E-state index in [1.807, 2.05) is 46.9 Å². The molecule has 0 heterocycles. The van der Waals surface area contributed by atoms with E-state index in [0.29, 0.717) is 56.4 Å². The SMILES string of the molecule is C/C=C/C(C)(C)C.C=S(C)/C=C/C(C)(C)C.C=S(C)CCC(C)(C)C.CC(=O)/C=C/C(C)(C)C.CC(=O)CCC(C)(C)C.CC(=O)N(C)CC(C)(C)C.CC(=O)OCC(C)(C)C.CC(=O)SCC(C)(C)C.CCCC(C)(C)C.CN(C)C(=O)/C=C/C(C)(C)C.CN(C)C(=O)CCC(C)(C)C. The fourth-order valence-electron chi connectivity index (χ4n) is 5.60. The Bertz CT molecular complexity index is 2150. The maximum Gasteiger partial charge on any atom is 0.302 e. The summed E-state index contributed by atoms with van der Waals surface area (Å²) in [6.45, 7) is 84.3. The monoisotopic (exact) mass is 1470 g/mol. The van der Waals surface area contributed by atoms with Crippen molar-refractivity contribution in [3.05, 3.63) is 47.9 Å². The van der Waals surface area contributed by atoms with E-state index < -0.39 is 0 Å². The molecular weight excluding hydrogens is 1300 g/mol. The molecule has 0 aliphatic heterocycles. The Hall–Kier alpha value is -3.36. The minimum Gasteiger partial charge on any atom is -0.465 e. The Morgan fingerprint density at radius 1 is 0.450 bits per heavy atom. The van der Waals surface area contributed by atoms with Crippen LogP contribution < -0.4 is 0 Å². The smallest absolute Gasteiger partial charge is 0.302 e.